The Kier molecular flexibility index (Phi) is 5.04. The highest BCUT2D eigenvalue weighted by atomic mass is 35.5. The quantitative estimate of drug-likeness (QED) is 0.647. The van der Waals surface area contributed by atoms with Crippen LogP contribution in [0.25, 0.3) is 10.8 Å². The molecule has 0 aliphatic heterocycles. The maximum absolute atomic E-state index is 13.1. The molecule has 0 aliphatic carbocycles. The smallest absolute Gasteiger partial charge is 0.418 e. The fourth-order valence-electron chi connectivity index (χ4n) is 2.53. The van der Waals surface area contributed by atoms with E-state index in [2.05, 4.69) is 5.32 Å². The first kappa shape index (κ1) is 18.1. The van der Waals surface area contributed by atoms with Gasteiger partial charge in [0, 0.05) is 5.39 Å². The molecule has 3 aromatic carbocycles. The van der Waals surface area contributed by atoms with Gasteiger partial charge in [0.25, 0.3) is 5.91 Å². The van der Waals surface area contributed by atoms with Gasteiger partial charge in [0.1, 0.15) is 5.75 Å². The average Bonchev–Trinajstić information content (AvgIpc) is 2.60. The van der Waals surface area contributed by atoms with Crippen molar-refractivity contribution in [1.82, 2.24) is 0 Å². The molecule has 0 spiro atoms. The number of carbonyl (C=O) groups excluding carboxylic acids is 1. The van der Waals surface area contributed by atoms with Crippen LogP contribution in [-0.4, -0.2) is 12.5 Å². The highest BCUT2D eigenvalue weighted by Crippen LogP contribution is 2.38. The number of hydrogen-bond donors (Lipinski definition) is 1. The molecule has 7 heteroatoms. The lowest BCUT2D eigenvalue weighted by Gasteiger charge is -2.15. The number of fused-ring (bicyclic) bond motifs is 1. The third-order valence-corrected chi connectivity index (χ3v) is 4.01. The number of nitrogens with one attached hydrogen (secondary N) is 1. The van der Waals surface area contributed by atoms with E-state index < -0.39 is 29.9 Å². The van der Waals surface area contributed by atoms with Gasteiger partial charge in [-0.15, -0.1) is 0 Å². The van der Waals surface area contributed by atoms with Crippen molar-refractivity contribution in [1.29, 1.82) is 0 Å². The lowest BCUT2D eigenvalue weighted by molar-refractivity contribution is -0.137. The summed E-state index contributed by atoms with van der Waals surface area (Å²) >= 11 is 5.82. The van der Waals surface area contributed by atoms with Gasteiger partial charge in [-0.2, -0.15) is 13.2 Å². The van der Waals surface area contributed by atoms with Crippen molar-refractivity contribution in [2.75, 3.05) is 11.9 Å². The first-order valence-electron chi connectivity index (χ1n) is 7.62. The van der Waals surface area contributed by atoms with Gasteiger partial charge in [-0.3, -0.25) is 4.79 Å². The fraction of sp³-hybridized carbons (Fsp3) is 0.105. The topological polar surface area (TPSA) is 38.3 Å². The van der Waals surface area contributed by atoms with Gasteiger partial charge >= 0.3 is 6.18 Å². The third kappa shape index (κ3) is 3.91. The number of para-hydroxylation sites is 1. The molecule has 3 nitrogen and oxygen atoms in total. The second kappa shape index (κ2) is 7.25. The van der Waals surface area contributed by atoms with Gasteiger partial charge in [-0.05, 0) is 23.6 Å². The maximum Gasteiger partial charge on any atom is 0.418 e. The number of rotatable bonds is 4. The molecule has 0 saturated heterocycles. The van der Waals surface area contributed by atoms with E-state index in [0.717, 1.165) is 16.8 Å². The number of anilines is 1. The third-order valence-electron chi connectivity index (χ3n) is 3.69. The number of hydrogen-bond acceptors (Lipinski definition) is 2. The SMILES string of the molecule is O=C(COc1cccc2ccccc12)Nc1c(Cl)cccc1C(F)(F)F. The number of amides is 1. The summed E-state index contributed by atoms with van der Waals surface area (Å²) in [7, 11) is 0. The fourth-order valence-corrected chi connectivity index (χ4v) is 2.75. The van der Waals surface area contributed by atoms with Gasteiger partial charge in [-0.25, -0.2) is 0 Å². The van der Waals surface area contributed by atoms with Crippen molar-refractivity contribution in [2.45, 2.75) is 6.18 Å². The Bertz CT molecular complexity index is 952. The summed E-state index contributed by atoms with van der Waals surface area (Å²) in [5.74, 6) is -0.273. The molecule has 0 radical (unpaired) electrons. The van der Waals surface area contributed by atoms with Crippen LogP contribution in [0.1, 0.15) is 5.56 Å². The summed E-state index contributed by atoms with van der Waals surface area (Å²) in [4.78, 5) is 12.1. The number of halogens is 4. The predicted octanol–water partition coefficient (Wildman–Crippen LogP) is 5.53. The predicted molar refractivity (Wildman–Crippen MR) is 94.5 cm³/mol. The number of benzene rings is 3. The summed E-state index contributed by atoms with van der Waals surface area (Å²) in [5, 5.41) is 3.72. The zero-order chi connectivity index (χ0) is 18.7. The lowest BCUT2D eigenvalue weighted by atomic mass is 10.1. The van der Waals surface area contributed by atoms with E-state index in [-0.39, 0.29) is 5.02 Å². The molecule has 0 fully saturated rings. The van der Waals surface area contributed by atoms with E-state index in [9.17, 15) is 18.0 Å². The second-order valence-electron chi connectivity index (χ2n) is 5.47. The van der Waals surface area contributed by atoms with E-state index in [1.807, 2.05) is 30.3 Å². The first-order chi connectivity index (χ1) is 12.4. The highest BCUT2D eigenvalue weighted by molar-refractivity contribution is 6.34. The Morgan fingerprint density at radius 3 is 2.46 bits per heavy atom. The molecule has 0 heterocycles. The van der Waals surface area contributed by atoms with E-state index >= 15 is 0 Å². The molecule has 134 valence electrons. The normalized spacial score (nSPS) is 11.4. The van der Waals surface area contributed by atoms with Gasteiger partial charge in [0.15, 0.2) is 6.61 Å². The van der Waals surface area contributed by atoms with Crippen LogP contribution in [0.4, 0.5) is 18.9 Å². The Hall–Kier alpha value is -2.73. The standard InChI is InChI=1S/C19H13ClF3NO2/c20-15-9-4-8-14(19(21,22)23)18(15)24-17(25)11-26-16-10-3-6-12-5-1-2-7-13(12)16/h1-10H,11H2,(H,24,25). The molecule has 3 rings (SSSR count). The second-order valence-corrected chi connectivity index (χ2v) is 5.88. The Morgan fingerprint density at radius 1 is 1.00 bits per heavy atom. The van der Waals surface area contributed by atoms with Crippen LogP contribution in [0.3, 0.4) is 0 Å². The van der Waals surface area contributed by atoms with Crippen molar-refractivity contribution in [3.8, 4) is 5.75 Å². The van der Waals surface area contributed by atoms with Crippen LogP contribution in [-0.2, 0) is 11.0 Å². The van der Waals surface area contributed by atoms with Crippen LogP contribution >= 0.6 is 11.6 Å². The summed E-state index contributed by atoms with van der Waals surface area (Å²) in [5.41, 5.74) is -1.49. The number of alkyl halides is 3. The van der Waals surface area contributed by atoms with E-state index in [4.69, 9.17) is 16.3 Å². The van der Waals surface area contributed by atoms with Crippen LogP contribution < -0.4 is 10.1 Å². The summed E-state index contributed by atoms with van der Waals surface area (Å²) < 4.78 is 44.7. The minimum absolute atomic E-state index is 0.196. The van der Waals surface area contributed by atoms with Gasteiger partial charge in [0.2, 0.25) is 0 Å². The molecular weight excluding hydrogens is 367 g/mol. The minimum atomic E-state index is -4.63. The minimum Gasteiger partial charge on any atom is -0.483 e. The maximum atomic E-state index is 13.1. The number of ether oxygens (including phenoxy) is 1. The van der Waals surface area contributed by atoms with Crippen molar-refractivity contribution in [2.24, 2.45) is 0 Å². The van der Waals surface area contributed by atoms with Crippen LogP contribution in [0.2, 0.25) is 5.02 Å². The Balaban J connectivity index is 1.76. The van der Waals surface area contributed by atoms with Gasteiger partial charge in [-0.1, -0.05) is 54.1 Å². The van der Waals surface area contributed by atoms with Crippen molar-refractivity contribution < 1.29 is 22.7 Å². The molecule has 0 saturated carbocycles. The molecule has 0 bridgehead atoms. The molecule has 0 unspecified atom stereocenters. The summed E-state index contributed by atoms with van der Waals surface area (Å²) in [6.45, 7) is -0.448. The van der Waals surface area contributed by atoms with Crippen LogP contribution in [0.5, 0.6) is 5.75 Å². The monoisotopic (exact) mass is 379 g/mol. The van der Waals surface area contributed by atoms with Gasteiger partial charge < -0.3 is 10.1 Å². The number of carbonyl (C=O) groups is 1. The Morgan fingerprint density at radius 2 is 1.69 bits per heavy atom. The largest absolute Gasteiger partial charge is 0.483 e. The van der Waals surface area contributed by atoms with E-state index in [1.54, 1.807) is 12.1 Å². The molecule has 0 aliphatic rings. The van der Waals surface area contributed by atoms with Crippen molar-refractivity contribution in [3.05, 3.63) is 71.2 Å². The first-order valence-corrected chi connectivity index (χ1v) is 8.00. The molecule has 1 amide bonds. The summed E-state index contributed by atoms with van der Waals surface area (Å²) in [6.07, 6.45) is -4.63. The molecule has 0 aromatic heterocycles. The van der Waals surface area contributed by atoms with Crippen molar-refractivity contribution in [3.63, 3.8) is 0 Å². The van der Waals surface area contributed by atoms with Crippen molar-refractivity contribution >= 4 is 34.0 Å². The van der Waals surface area contributed by atoms with Crippen LogP contribution in [0.15, 0.2) is 60.7 Å². The zero-order valence-corrected chi connectivity index (χ0v) is 14.1. The Labute approximate surface area is 152 Å². The molecule has 26 heavy (non-hydrogen) atoms. The molecule has 0 atom stereocenters. The lowest BCUT2D eigenvalue weighted by Crippen LogP contribution is -2.22. The summed E-state index contributed by atoms with van der Waals surface area (Å²) in [6, 6.07) is 16.1. The molecular formula is C19H13ClF3NO2. The zero-order valence-electron chi connectivity index (χ0n) is 13.3. The van der Waals surface area contributed by atoms with E-state index in [0.29, 0.717) is 5.75 Å². The van der Waals surface area contributed by atoms with Crippen LogP contribution in [0, 0.1) is 0 Å². The van der Waals surface area contributed by atoms with E-state index in [1.165, 1.54) is 12.1 Å². The molecule has 1 N–H and O–H groups in total. The average molecular weight is 380 g/mol. The van der Waals surface area contributed by atoms with Gasteiger partial charge in [0.05, 0.1) is 16.3 Å². The highest BCUT2D eigenvalue weighted by Gasteiger charge is 2.34. The molecule has 3 aromatic rings.